The van der Waals surface area contributed by atoms with Crippen LogP contribution in [0.25, 0.3) is 0 Å². The first kappa shape index (κ1) is 49.0. The van der Waals surface area contributed by atoms with E-state index in [0.29, 0.717) is 12.8 Å². The molecule has 0 aromatic rings. The minimum absolute atomic E-state index is 0.147. The molecule has 0 bridgehead atoms. The predicted octanol–water partition coefficient (Wildman–Crippen LogP) is 9.89. The fourth-order valence-electron chi connectivity index (χ4n) is 5.26. The quantitative estimate of drug-likeness (QED) is 0.0239. The Morgan fingerprint density at radius 3 is 1.59 bits per heavy atom. The lowest BCUT2D eigenvalue weighted by molar-refractivity contribution is -0.161. The van der Waals surface area contributed by atoms with Crippen LogP contribution in [0.2, 0.25) is 0 Å². The third-order valence-corrected chi connectivity index (χ3v) is 9.40. The van der Waals surface area contributed by atoms with E-state index in [1.54, 1.807) is 0 Å². The number of phosphoric acid groups is 1. The average molecular weight is 746 g/mol. The van der Waals surface area contributed by atoms with Crippen LogP contribution in [-0.2, 0) is 37.5 Å². The van der Waals surface area contributed by atoms with Gasteiger partial charge in [0.2, 0.25) is 0 Å². The lowest BCUT2D eigenvalue weighted by atomic mass is 10.0. The first-order chi connectivity index (χ1) is 24.6. The monoisotopic (exact) mass is 745 g/mol. The molecule has 4 N–H and O–H groups in total. The Hall–Kier alpha value is -2.04. The van der Waals surface area contributed by atoms with E-state index in [0.717, 1.165) is 64.2 Å². The number of unbranched alkanes of at least 4 members (excludes halogenated alkanes) is 19. The Morgan fingerprint density at radius 1 is 0.608 bits per heavy atom. The Bertz CT molecular complexity index is 974. The summed E-state index contributed by atoms with van der Waals surface area (Å²) in [6, 6.07) is -1.52. The maximum absolute atomic E-state index is 12.6. The van der Waals surface area contributed by atoms with Crippen LogP contribution in [0.4, 0.5) is 0 Å². The van der Waals surface area contributed by atoms with Gasteiger partial charge in [0.25, 0.3) is 0 Å². The molecular formula is C39H72NO10P. The van der Waals surface area contributed by atoms with E-state index < -0.39 is 51.1 Å². The molecule has 0 spiro atoms. The Labute approximate surface area is 309 Å². The van der Waals surface area contributed by atoms with E-state index in [9.17, 15) is 23.8 Å². The second kappa shape index (κ2) is 35.0. The molecule has 0 aromatic carbocycles. The van der Waals surface area contributed by atoms with Crippen molar-refractivity contribution in [1.29, 1.82) is 0 Å². The predicted molar refractivity (Wildman–Crippen MR) is 203 cm³/mol. The Morgan fingerprint density at radius 2 is 1.06 bits per heavy atom. The fourth-order valence-corrected chi connectivity index (χ4v) is 6.04. The highest BCUT2D eigenvalue weighted by atomic mass is 31.2. The summed E-state index contributed by atoms with van der Waals surface area (Å²) < 4.78 is 32.6. The van der Waals surface area contributed by atoms with Crippen LogP contribution in [0.1, 0.15) is 174 Å². The normalized spacial score (nSPS) is 14.1. The summed E-state index contributed by atoms with van der Waals surface area (Å²) >= 11 is 0. The average Bonchev–Trinajstić information content (AvgIpc) is 3.10. The molecule has 0 aliphatic carbocycles. The molecule has 0 rings (SSSR count). The third-order valence-electron chi connectivity index (χ3n) is 8.45. The number of allylic oxidation sites excluding steroid dienone is 4. The molecule has 0 radical (unpaired) electrons. The standard InChI is InChI=1S/C39H72NO10P/c1-3-5-7-9-11-13-15-17-19-21-23-25-27-29-31-38(42)50-35(33-48-51(45,46)49-34-36(40)39(43)44)32-47-37(41)30-28-26-24-22-20-18-16-14-12-10-8-6-4-2/h9,11,15,17,35-36H,3-8,10,12-14,16,18-34,40H2,1-2H3,(H,43,44)(H,45,46)/b11-9-,17-15-/t35-,36+/m1/s1. The molecule has 11 nitrogen and oxygen atoms in total. The number of hydrogen-bond donors (Lipinski definition) is 3. The second-order valence-electron chi connectivity index (χ2n) is 13.4. The summed E-state index contributed by atoms with van der Waals surface area (Å²) in [7, 11) is -4.71. The number of hydrogen-bond acceptors (Lipinski definition) is 9. The zero-order chi connectivity index (χ0) is 37.8. The van der Waals surface area contributed by atoms with Crippen molar-refractivity contribution in [1.82, 2.24) is 0 Å². The van der Waals surface area contributed by atoms with E-state index in [-0.39, 0.29) is 19.4 Å². The number of esters is 2. The van der Waals surface area contributed by atoms with E-state index in [4.69, 9.17) is 24.8 Å². The molecule has 0 saturated heterocycles. The van der Waals surface area contributed by atoms with Crippen molar-refractivity contribution < 1.29 is 47.5 Å². The number of carbonyl (C=O) groups is 3. The molecule has 12 heteroatoms. The number of carboxylic acids is 1. The van der Waals surface area contributed by atoms with Gasteiger partial charge in [0.15, 0.2) is 6.10 Å². The van der Waals surface area contributed by atoms with E-state index in [1.165, 1.54) is 70.6 Å². The lowest BCUT2D eigenvalue weighted by Crippen LogP contribution is -2.34. The van der Waals surface area contributed by atoms with Gasteiger partial charge in [0.1, 0.15) is 12.6 Å². The number of aliphatic carboxylic acids is 1. The highest BCUT2D eigenvalue weighted by Gasteiger charge is 2.28. The topological polar surface area (TPSA) is 172 Å². The molecule has 298 valence electrons. The number of rotatable bonds is 37. The number of carboxylic acid groups (broad SMARTS) is 1. The van der Waals surface area contributed by atoms with Gasteiger partial charge in [-0.05, 0) is 38.5 Å². The first-order valence-corrected chi connectivity index (χ1v) is 21.4. The third kappa shape index (κ3) is 34.8. The van der Waals surface area contributed by atoms with Gasteiger partial charge in [-0.25, -0.2) is 4.57 Å². The van der Waals surface area contributed by atoms with Crippen molar-refractivity contribution in [3.05, 3.63) is 24.3 Å². The van der Waals surface area contributed by atoms with Crippen molar-refractivity contribution in [2.75, 3.05) is 19.8 Å². The molecule has 51 heavy (non-hydrogen) atoms. The van der Waals surface area contributed by atoms with Gasteiger partial charge in [-0.2, -0.15) is 0 Å². The molecule has 0 heterocycles. The zero-order valence-electron chi connectivity index (χ0n) is 31.9. The minimum Gasteiger partial charge on any atom is -0.480 e. The molecule has 1 unspecified atom stereocenters. The van der Waals surface area contributed by atoms with E-state index >= 15 is 0 Å². The minimum atomic E-state index is -4.71. The van der Waals surface area contributed by atoms with E-state index in [1.807, 2.05) is 0 Å². The number of phosphoric ester groups is 1. The summed E-state index contributed by atoms with van der Waals surface area (Å²) in [6.07, 6.45) is 33.8. The van der Waals surface area contributed by atoms with Crippen LogP contribution in [0, 0.1) is 0 Å². The number of nitrogens with two attached hydrogens (primary N) is 1. The van der Waals surface area contributed by atoms with Crippen molar-refractivity contribution in [2.24, 2.45) is 5.73 Å². The van der Waals surface area contributed by atoms with Crippen molar-refractivity contribution >= 4 is 25.7 Å². The Balaban J connectivity index is 4.44. The highest BCUT2D eigenvalue weighted by molar-refractivity contribution is 7.47. The summed E-state index contributed by atoms with van der Waals surface area (Å²) in [5.74, 6) is -2.39. The molecule has 0 amide bonds. The Kier molecular flexibility index (Phi) is 33.6. The maximum atomic E-state index is 12.6. The lowest BCUT2D eigenvalue weighted by Gasteiger charge is -2.20. The molecule has 0 fully saturated rings. The van der Waals surface area contributed by atoms with Crippen LogP contribution in [0.3, 0.4) is 0 Å². The molecule has 0 aliphatic rings. The van der Waals surface area contributed by atoms with Gasteiger partial charge >= 0.3 is 25.7 Å². The van der Waals surface area contributed by atoms with Crippen LogP contribution < -0.4 is 5.73 Å². The van der Waals surface area contributed by atoms with Crippen LogP contribution in [0.15, 0.2) is 24.3 Å². The second-order valence-corrected chi connectivity index (χ2v) is 14.9. The smallest absolute Gasteiger partial charge is 0.472 e. The first-order valence-electron chi connectivity index (χ1n) is 19.9. The van der Waals surface area contributed by atoms with Gasteiger partial charge in [-0.1, -0.05) is 147 Å². The maximum Gasteiger partial charge on any atom is 0.472 e. The largest absolute Gasteiger partial charge is 0.480 e. The summed E-state index contributed by atoms with van der Waals surface area (Å²) in [5, 5.41) is 8.86. The van der Waals surface area contributed by atoms with Crippen molar-refractivity contribution in [3.63, 3.8) is 0 Å². The zero-order valence-corrected chi connectivity index (χ0v) is 32.8. The molecular weight excluding hydrogens is 673 g/mol. The highest BCUT2D eigenvalue weighted by Crippen LogP contribution is 2.43. The molecule has 0 aliphatic heterocycles. The van der Waals surface area contributed by atoms with Gasteiger partial charge in [0.05, 0.1) is 13.2 Å². The number of ether oxygens (including phenoxy) is 2. The summed E-state index contributed by atoms with van der Waals surface area (Å²) in [6.45, 7) is 2.74. The SMILES string of the molecule is CCCC/C=C\C/C=C\CCCCCCCC(=O)O[C@H](COC(=O)CCCCCCCCCCCCCCC)COP(=O)(O)OC[C@H](N)C(=O)O. The summed E-state index contributed by atoms with van der Waals surface area (Å²) in [5.41, 5.74) is 5.32. The van der Waals surface area contributed by atoms with Crippen molar-refractivity contribution in [3.8, 4) is 0 Å². The molecule has 0 saturated carbocycles. The van der Waals surface area contributed by atoms with Gasteiger partial charge in [-0.3, -0.25) is 23.4 Å². The molecule has 0 aromatic heterocycles. The van der Waals surface area contributed by atoms with Crippen LogP contribution in [-0.4, -0.2) is 59.9 Å². The van der Waals surface area contributed by atoms with Crippen LogP contribution >= 0.6 is 7.82 Å². The fraction of sp³-hybridized carbons (Fsp3) is 0.821. The van der Waals surface area contributed by atoms with Gasteiger partial charge in [0, 0.05) is 12.8 Å². The van der Waals surface area contributed by atoms with Crippen LogP contribution in [0.5, 0.6) is 0 Å². The number of carbonyl (C=O) groups excluding carboxylic acids is 2. The van der Waals surface area contributed by atoms with Gasteiger partial charge in [-0.15, -0.1) is 0 Å². The van der Waals surface area contributed by atoms with Gasteiger partial charge < -0.3 is 25.2 Å². The van der Waals surface area contributed by atoms with E-state index in [2.05, 4.69) is 42.7 Å². The molecule has 3 atom stereocenters. The summed E-state index contributed by atoms with van der Waals surface area (Å²) in [4.78, 5) is 45.8. The van der Waals surface area contributed by atoms with Crippen molar-refractivity contribution in [2.45, 2.75) is 187 Å².